The number of hydrogen-bond donors (Lipinski definition) is 4. The second kappa shape index (κ2) is 10.3. The quantitative estimate of drug-likeness (QED) is 0.433. The number of rotatable bonds is 9. The average molecular weight is 486 g/mol. The topological polar surface area (TPSA) is 136 Å². The molecule has 3 atom stereocenters. The van der Waals surface area contributed by atoms with Crippen LogP contribution in [-0.2, 0) is 9.59 Å². The number of nitrogens with zero attached hydrogens (tertiary/aromatic N) is 1. The summed E-state index contributed by atoms with van der Waals surface area (Å²) in [6.07, 6.45) is 4.30. The van der Waals surface area contributed by atoms with Crippen LogP contribution < -0.4 is 20.7 Å². The molecule has 1 saturated carbocycles. The fourth-order valence-electron chi connectivity index (χ4n) is 4.38. The van der Waals surface area contributed by atoms with E-state index in [4.69, 9.17) is 16.3 Å². The Kier molecular flexibility index (Phi) is 7.27. The largest absolute Gasteiger partial charge is 0.496 e. The molecular weight excluding hydrogens is 458 g/mol. The molecule has 3 amide bonds. The van der Waals surface area contributed by atoms with Gasteiger partial charge in [0.1, 0.15) is 23.5 Å². The van der Waals surface area contributed by atoms with Gasteiger partial charge in [0.15, 0.2) is 0 Å². The Balaban J connectivity index is 1.45. The highest BCUT2D eigenvalue weighted by Crippen LogP contribution is 2.34. The molecule has 34 heavy (non-hydrogen) atoms. The van der Waals surface area contributed by atoms with Crippen LogP contribution in [0.1, 0.15) is 49.0 Å². The molecule has 180 valence electrons. The lowest BCUT2D eigenvalue weighted by atomic mass is 9.92. The van der Waals surface area contributed by atoms with Crippen molar-refractivity contribution in [2.45, 2.75) is 50.6 Å². The van der Waals surface area contributed by atoms with Gasteiger partial charge in [0, 0.05) is 22.9 Å². The van der Waals surface area contributed by atoms with Gasteiger partial charge in [-0.25, -0.2) is 0 Å². The SMILES string of the molecule is COc1cc(Cl)cc2[nH]c(C(=O)NC(CC3CC3)C(=O)NC(C#N)CC3CCCNC3=O)cc12. The van der Waals surface area contributed by atoms with Crippen LogP contribution in [0, 0.1) is 23.2 Å². The number of nitrogens with one attached hydrogen (secondary N) is 4. The van der Waals surface area contributed by atoms with E-state index in [1.54, 1.807) is 18.2 Å². The Bertz CT molecular complexity index is 1140. The van der Waals surface area contributed by atoms with E-state index in [0.717, 1.165) is 19.3 Å². The molecule has 1 aromatic heterocycles. The van der Waals surface area contributed by atoms with Crippen LogP contribution in [0.5, 0.6) is 5.75 Å². The number of methoxy groups -OCH3 is 1. The molecule has 2 fully saturated rings. The van der Waals surface area contributed by atoms with Gasteiger partial charge in [-0.3, -0.25) is 14.4 Å². The summed E-state index contributed by atoms with van der Waals surface area (Å²) in [7, 11) is 1.52. The van der Waals surface area contributed by atoms with Crippen molar-refractivity contribution < 1.29 is 19.1 Å². The lowest BCUT2D eigenvalue weighted by Gasteiger charge is -2.25. The first-order valence-electron chi connectivity index (χ1n) is 11.5. The Labute approximate surface area is 202 Å². The lowest BCUT2D eigenvalue weighted by Crippen LogP contribution is -2.50. The van der Waals surface area contributed by atoms with Gasteiger partial charge in [0.05, 0.1) is 18.7 Å². The van der Waals surface area contributed by atoms with Crippen molar-refractivity contribution in [1.82, 2.24) is 20.9 Å². The van der Waals surface area contributed by atoms with Crippen molar-refractivity contribution >= 4 is 40.2 Å². The lowest BCUT2D eigenvalue weighted by molar-refractivity contribution is -0.128. The highest BCUT2D eigenvalue weighted by Gasteiger charge is 2.33. The van der Waals surface area contributed by atoms with E-state index in [-0.39, 0.29) is 23.9 Å². The number of H-pyrrole nitrogens is 1. The van der Waals surface area contributed by atoms with Crippen LogP contribution in [-0.4, -0.2) is 48.4 Å². The van der Waals surface area contributed by atoms with Crippen molar-refractivity contribution in [3.8, 4) is 11.8 Å². The Morgan fingerprint density at radius 3 is 2.71 bits per heavy atom. The third kappa shape index (κ3) is 5.62. The summed E-state index contributed by atoms with van der Waals surface area (Å²) < 4.78 is 5.35. The van der Waals surface area contributed by atoms with E-state index < -0.39 is 23.9 Å². The summed E-state index contributed by atoms with van der Waals surface area (Å²) in [6.45, 7) is 0.639. The minimum atomic E-state index is -0.806. The summed E-state index contributed by atoms with van der Waals surface area (Å²) in [5.41, 5.74) is 0.924. The minimum Gasteiger partial charge on any atom is -0.496 e. The molecule has 1 aliphatic heterocycles. The monoisotopic (exact) mass is 485 g/mol. The molecule has 3 unspecified atom stereocenters. The van der Waals surface area contributed by atoms with Crippen molar-refractivity contribution in [1.29, 1.82) is 5.26 Å². The zero-order chi connectivity index (χ0) is 24.2. The highest BCUT2D eigenvalue weighted by atomic mass is 35.5. The first kappa shape index (κ1) is 23.9. The Morgan fingerprint density at radius 2 is 2.03 bits per heavy atom. The van der Waals surface area contributed by atoms with Gasteiger partial charge in [0.25, 0.3) is 5.91 Å². The van der Waals surface area contributed by atoms with Gasteiger partial charge in [0.2, 0.25) is 11.8 Å². The fraction of sp³-hybridized carbons (Fsp3) is 0.500. The normalized spacial score (nSPS) is 19.6. The maximum absolute atomic E-state index is 13.1. The molecule has 1 saturated heterocycles. The molecular formula is C24H28ClN5O4. The minimum absolute atomic E-state index is 0.0853. The first-order chi connectivity index (χ1) is 16.4. The second-order valence-corrected chi connectivity index (χ2v) is 9.45. The molecule has 2 aliphatic rings. The number of benzene rings is 1. The number of piperidine rings is 1. The van der Waals surface area contributed by atoms with Crippen molar-refractivity contribution in [3.05, 3.63) is 28.9 Å². The van der Waals surface area contributed by atoms with E-state index in [0.29, 0.717) is 47.0 Å². The van der Waals surface area contributed by atoms with Crippen LogP contribution in [0.15, 0.2) is 18.2 Å². The van der Waals surface area contributed by atoms with Crippen LogP contribution in [0.25, 0.3) is 10.9 Å². The van der Waals surface area contributed by atoms with Crippen molar-refractivity contribution in [3.63, 3.8) is 0 Å². The number of aromatic nitrogens is 1. The number of hydrogen-bond acceptors (Lipinski definition) is 5. The Hall–Kier alpha value is -3.25. The molecule has 0 radical (unpaired) electrons. The predicted octanol–water partition coefficient (Wildman–Crippen LogP) is 2.65. The van der Waals surface area contributed by atoms with Crippen molar-refractivity contribution in [2.24, 2.45) is 11.8 Å². The third-order valence-electron chi connectivity index (χ3n) is 6.41. The predicted molar refractivity (Wildman–Crippen MR) is 126 cm³/mol. The molecule has 4 N–H and O–H groups in total. The van der Waals surface area contributed by atoms with Gasteiger partial charge < -0.3 is 25.7 Å². The molecule has 9 nitrogen and oxygen atoms in total. The molecule has 4 rings (SSSR count). The van der Waals surface area contributed by atoms with Crippen LogP contribution in [0.2, 0.25) is 5.02 Å². The number of ether oxygens (including phenoxy) is 1. The van der Waals surface area contributed by atoms with E-state index in [2.05, 4.69) is 27.0 Å². The molecule has 10 heteroatoms. The molecule has 2 aromatic rings. The summed E-state index contributed by atoms with van der Waals surface area (Å²) in [5.74, 6) is -0.340. The second-order valence-electron chi connectivity index (χ2n) is 9.01. The zero-order valence-corrected chi connectivity index (χ0v) is 19.7. The molecule has 1 aromatic carbocycles. The molecule has 2 heterocycles. The van der Waals surface area contributed by atoms with E-state index in [1.165, 1.54) is 7.11 Å². The number of aromatic amines is 1. The zero-order valence-electron chi connectivity index (χ0n) is 18.9. The first-order valence-corrected chi connectivity index (χ1v) is 11.9. The molecule has 0 spiro atoms. The number of carbonyl (C=O) groups excluding carboxylic acids is 3. The number of halogens is 1. The summed E-state index contributed by atoms with van der Waals surface area (Å²) in [5, 5.41) is 19.1. The smallest absolute Gasteiger partial charge is 0.268 e. The van der Waals surface area contributed by atoms with Crippen LogP contribution >= 0.6 is 11.6 Å². The maximum Gasteiger partial charge on any atom is 0.268 e. The third-order valence-corrected chi connectivity index (χ3v) is 6.63. The van der Waals surface area contributed by atoms with Gasteiger partial charge in [-0.2, -0.15) is 5.26 Å². The van der Waals surface area contributed by atoms with Crippen LogP contribution in [0.4, 0.5) is 0 Å². The summed E-state index contributed by atoms with van der Waals surface area (Å²) >= 11 is 6.12. The standard InChI is InChI=1S/C24H28ClN5O4/c1-34-21-10-15(25)9-18-17(21)11-20(29-18)24(33)30-19(7-13-4-5-13)23(32)28-16(12-26)8-14-3-2-6-27-22(14)31/h9-11,13-14,16,19,29H,2-8H2,1H3,(H,27,31)(H,28,32)(H,30,33). The summed E-state index contributed by atoms with van der Waals surface area (Å²) in [4.78, 5) is 41.2. The van der Waals surface area contributed by atoms with E-state index in [1.807, 2.05) is 0 Å². The van der Waals surface area contributed by atoms with E-state index >= 15 is 0 Å². The number of carbonyl (C=O) groups is 3. The number of fused-ring (bicyclic) bond motifs is 1. The number of nitriles is 1. The van der Waals surface area contributed by atoms with Gasteiger partial charge in [-0.1, -0.05) is 24.4 Å². The van der Waals surface area contributed by atoms with Gasteiger partial charge in [-0.15, -0.1) is 0 Å². The van der Waals surface area contributed by atoms with Gasteiger partial charge in [-0.05, 0) is 49.8 Å². The maximum atomic E-state index is 13.1. The molecule has 0 bridgehead atoms. The summed E-state index contributed by atoms with van der Waals surface area (Å²) in [6, 6.07) is 5.52. The average Bonchev–Trinajstić information content (AvgIpc) is 3.54. The Morgan fingerprint density at radius 1 is 1.24 bits per heavy atom. The van der Waals surface area contributed by atoms with Crippen LogP contribution in [0.3, 0.4) is 0 Å². The number of amides is 3. The van der Waals surface area contributed by atoms with E-state index in [9.17, 15) is 19.6 Å². The molecule has 1 aliphatic carbocycles. The highest BCUT2D eigenvalue weighted by molar-refractivity contribution is 6.31. The van der Waals surface area contributed by atoms with Crippen molar-refractivity contribution in [2.75, 3.05) is 13.7 Å². The van der Waals surface area contributed by atoms with Gasteiger partial charge >= 0.3 is 0 Å². The fourth-order valence-corrected chi connectivity index (χ4v) is 4.59.